The van der Waals surface area contributed by atoms with Crippen LogP contribution < -0.4 is 5.73 Å². The number of hydrogen-bond acceptors (Lipinski definition) is 4. The Bertz CT molecular complexity index is 191. The molecule has 0 bridgehead atoms. The van der Waals surface area contributed by atoms with E-state index in [9.17, 15) is 9.36 Å². The molecule has 0 aliphatic rings. The van der Waals surface area contributed by atoms with Gasteiger partial charge < -0.3 is 15.7 Å². The molecule has 0 aromatic carbocycles. The summed E-state index contributed by atoms with van der Waals surface area (Å²) in [6, 6.07) is 0. The zero-order valence-corrected chi connectivity index (χ0v) is 6.82. The standard InChI is InChI=1S/C4H10NO5P/c1-3(5)11(8,9)10-2-4(6)7/h3H,2,5H2,1H3,(H,6,7)(H,8,9)/t3-/m1/s1. The molecule has 0 amide bonds. The minimum atomic E-state index is -3.92. The summed E-state index contributed by atoms with van der Waals surface area (Å²) in [7, 11) is -3.92. The summed E-state index contributed by atoms with van der Waals surface area (Å²) in [5, 5.41) is 8.06. The molecule has 0 heterocycles. The third-order valence-corrected chi connectivity index (χ3v) is 2.42. The van der Waals surface area contributed by atoms with Crippen molar-refractivity contribution in [1.82, 2.24) is 0 Å². The first-order valence-corrected chi connectivity index (χ1v) is 4.45. The van der Waals surface area contributed by atoms with Crippen LogP contribution in [-0.2, 0) is 13.9 Å². The molecule has 0 radical (unpaired) electrons. The van der Waals surface area contributed by atoms with Crippen molar-refractivity contribution in [3.8, 4) is 0 Å². The minimum absolute atomic E-state index is 0.810. The summed E-state index contributed by atoms with van der Waals surface area (Å²) in [5.74, 6) is -2.37. The molecule has 4 N–H and O–H groups in total. The van der Waals surface area contributed by atoms with Gasteiger partial charge in [-0.25, -0.2) is 4.79 Å². The van der Waals surface area contributed by atoms with Gasteiger partial charge >= 0.3 is 13.6 Å². The van der Waals surface area contributed by atoms with Crippen LogP contribution in [0.4, 0.5) is 0 Å². The zero-order valence-electron chi connectivity index (χ0n) is 5.93. The minimum Gasteiger partial charge on any atom is -0.480 e. The highest BCUT2D eigenvalue weighted by Crippen LogP contribution is 2.44. The largest absolute Gasteiger partial charge is 0.480 e. The van der Waals surface area contributed by atoms with Crippen LogP contribution in [0.2, 0.25) is 0 Å². The van der Waals surface area contributed by atoms with E-state index < -0.39 is 26.0 Å². The first-order chi connectivity index (χ1) is 4.86. The molecule has 7 heteroatoms. The third-order valence-electron chi connectivity index (χ3n) is 0.888. The second kappa shape index (κ2) is 3.82. The molecule has 11 heavy (non-hydrogen) atoms. The second-order valence-corrected chi connectivity index (χ2v) is 4.17. The molecule has 2 atom stereocenters. The maximum atomic E-state index is 10.8. The van der Waals surface area contributed by atoms with Crippen LogP contribution in [0.25, 0.3) is 0 Å². The van der Waals surface area contributed by atoms with Gasteiger partial charge in [0.15, 0.2) is 6.61 Å². The Morgan fingerprint density at radius 3 is 2.55 bits per heavy atom. The Morgan fingerprint density at radius 2 is 2.27 bits per heavy atom. The molecule has 0 aliphatic carbocycles. The van der Waals surface area contributed by atoms with E-state index in [1.807, 2.05) is 0 Å². The Morgan fingerprint density at radius 1 is 1.82 bits per heavy atom. The van der Waals surface area contributed by atoms with Gasteiger partial charge in [-0.05, 0) is 6.92 Å². The van der Waals surface area contributed by atoms with Crippen molar-refractivity contribution in [2.75, 3.05) is 6.61 Å². The molecule has 1 unspecified atom stereocenters. The molecule has 66 valence electrons. The van der Waals surface area contributed by atoms with Gasteiger partial charge in [-0.15, -0.1) is 0 Å². The fourth-order valence-electron chi connectivity index (χ4n) is 0.265. The zero-order chi connectivity index (χ0) is 9.07. The summed E-state index contributed by atoms with van der Waals surface area (Å²) in [6.45, 7) is 0.456. The number of hydrogen-bond donors (Lipinski definition) is 3. The number of nitrogens with two attached hydrogens (primary N) is 1. The summed E-state index contributed by atoms with van der Waals surface area (Å²) in [5.41, 5.74) is 5.03. The molecule has 0 rings (SSSR count). The van der Waals surface area contributed by atoms with Crippen molar-refractivity contribution in [2.24, 2.45) is 5.73 Å². The van der Waals surface area contributed by atoms with Crippen LogP contribution in [0.3, 0.4) is 0 Å². The SMILES string of the molecule is C[C@H](N)P(=O)(O)OCC(=O)O. The van der Waals surface area contributed by atoms with Gasteiger partial charge in [-0.3, -0.25) is 9.09 Å². The van der Waals surface area contributed by atoms with Gasteiger partial charge in [0.05, 0.1) is 0 Å². The molecular weight excluding hydrogens is 173 g/mol. The number of carboxylic acids is 1. The van der Waals surface area contributed by atoms with Gasteiger partial charge in [0.2, 0.25) is 0 Å². The van der Waals surface area contributed by atoms with Crippen LogP contribution in [0, 0.1) is 0 Å². The van der Waals surface area contributed by atoms with Crippen LogP contribution in [-0.4, -0.2) is 28.4 Å². The fraction of sp³-hybridized carbons (Fsp3) is 0.750. The monoisotopic (exact) mass is 183 g/mol. The number of rotatable bonds is 4. The summed E-state index contributed by atoms with van der Waals surface area (Å²) in [6.07, 6.45) is 0. The van der Waals surface area contributed by atoms with E-state index in [0.717, 1.165) is 0 Å². The lowest BCUT2D eigenvalue weighted by Gasteiger charge is -2.13. The van der Waals surface area contributed by atoms with E-state index >= 15 is 0 Å². The van der Waals surface area contributed by atoms with E-state index in [2.05, 4.69) is 4.52 Å². The number of aliphatic carboxylic acids is 1. The molecule has 0 spiro atoms. The highest BCUT2D eigenvalue weighted by molar-refractivity contribution is 7.53. The van der Waals surface area contributed by atoms with E-state index in [-0.39, 0.29) is 0 Å². The maximum absolute atomic E-state index is 10.8. The van der Waals surface area contributed by atoms with E-state index in [1.54, 1.807) is 0 Å². The lowest BCUT2D eigenvalue weighted by atomic mass is 10.8. The van der Waals surface area contributed by atoms with E-state index in [4.69, 9.17) is 15.7 Å². The van der Waals surface area contributed by atoms with E-state index in [1.165, 1.54) is 6.92 Å². The number of carboxylic acid groups (broad SMARTS) is 1. The van der Waals surface area contributed by atoms with Crippen molar-refractivity contribution >= 4 is 13.6 Å². The summed E-state index contributed by atoms with van der Waals surface area (Å²) >= 11 is 0. The lowest BCUT2D eigenvalue weighted by molar-refractivity contribution is -0.139. The summed E-state index contributed by atoms with van der Waals surface area (Å²) < 4.78 is 14.9. The van der Waals surface area contributed by atoms with Crippen molar-refractivity contribution in [3.63, 3.8) is 0 Å². The maximum Gasteiger partial charge on any atom is 0.344 e. The lowest BCUT2D eigenvalue weighted by Crippen LogP contribution is -2.18. The summed E-state index contributed by atoms with van der Waals surface area (Å²) in [4.78, 5) is 18.7. The Hall–Kier alpha value is -0.420. The Labute approximate surface area is 63.5 Å². The van der Waals surface area contributed by atoms with Gasteiger partial charge in [0.25, 0.3) is 0 Å². The molecule has 0 fully saturated rings. The van der Waals surface area contributed by atoms with Crippen molar-refractivity contribution in [2.45, 2.75) is 12.7 Å². The smallest absolute Gasteiger partial charge is 0.344 e. The second-order valence-electron chi connectivity index (χ2n) is 1.97. The van der Waals surface area contributed by atoms with Crippen LogP contribution >= 0.6 is 7.60 Å². The molecule has 6 nitrogen and oxygen atoms in total. The van der Waals surface area contributed by atoms with Crippen molar-refractivity contribution in [3.05, 3.63) is 0 Å². The van der Waals surface area contributed by atoms with Crippen LogP contribution in [0.1, 0.15) is 6.92 Å². The predicted molar refractivity (Wildman–Crippen MR) is 37.1 cm³/mol. The average Bonchev–Trinajstić information content (AvgIpc) is 1.84. The first kappa shape index (κ1) is 10.6. The topological polar surface area (TPSA) is 110 Å². The number of carbonyl (C=O) groups is 1. The fourth-order valence-corrected chi connectivity index (χ4v) is 0.796. The molecular formula is C4H10NO5P. The van der Waals surface area contributed by atoms with Gasteiger partial charge in [0, 0.05) is 0 Å². The van der Waals surface area contributed by atoms with Gasteiger partial charge in [-0.1, -0.05) is 0 Å². The quantitative estimate of drug-likeness (QED) is 0.510. The molecule has 0 aliphatic heterocycles. The average molecular weight is 183 g/mol. The van der Waals surface area contributed by atoms with Gasteiger partial charge in [0.1, 0.15) is 5.78 Å². The molecule has 0 aromatic heterocycles. The Kier molecular flexibility index (Phi) is 3.68. The van der Waals surface area contributed by atoms with Crippen molar-refractivity contribution in [1.29, 1.82) is 0 Å². The normalized spacial score (nSPS) is 18.8. The van der Waals surface area contributed by atoms with Crippen molar-refractivity contribution < 1.29 is 23.9 Å². The molecule has 0 saturated carbocycles. The van der Waals surface area contributed by atoms with Gasteiger partial charge in [-0.2, -0.15) is 0 Å². The molecule has 0 saturated heterocycles. The highest BCUT2D eigenvalue weighted by Gasteiger charge is 2.25. The highest BCUT2D eigenvalue weighted by atomic mass is 31.2. The van der Waals surface area contributed by atoms with E-state index in [0.29, 0.717) is 0 Å². The molecule has 0 aromatic rings. The third kappa shape index (κ3) is 4.10. The Balaban J connectivity index is 3.93. The predicted octanol–water partition coefficient (Wildman–Crippen LogP) is -0.422. The first-order valence-electron chi connectivity index (χ1n) is 2.80. The van der Waals surface area contributed by atoms with Crippen LogP contribution in [0.15, 0.2) is 0 Å². The van der Waals surface area contributed by atoms with Crippen LogP contribution in [0.5, 0.6) is 0 Å².